The molecule has 0 fully saturated rings. The molecule has 0 saturated heterocycles. The van der Waals surface area contributed by atoms with Crippen molar-refractivity contribution < 1.29 is 57.0 Å². The fourth-order valence-corrected chi connectivity index (χ4v) is 0.663. The van der Waals surface area contributed by atoms with Gasteiger partial charge in [0.25, 0.3) is 0 Å². The Morgan fingerprint density at radius 3 is 0.905 bits per heavy atom. The van der Waals surface area contributed by atoms with E-state index in [1.54, 1.807) is 0 Å². The summed E-state index contributed by atoms with van der Waals surface area (Å²) in [5.41, 5.74) is 2.74. The van der Waals surface area contributed by atoms with Crippen molar-refractivity contribution in [3.8, 4) is 0 Å². The molecule has 0 atom stereocenters. The van der Waals surface area contributed by atoms with Crippen molar-refractivity contribution >= 4 is 0 Å². The molecule has 0 spiro atoms. The first kappa shape index (κ1) is 27.5. The summed E-state index contributed by atoms with van der Waals surface area (Å²) >= 11 is 0. The van der Waals surface area contributed by atoms with Crippen LogP contribution in [0.15, 0.2) is 24.3 Å². The van der Waals surface area contributed by atoms with E-state index >= 15 is 0 Å². The van der Waals surface area contributed by atoms with Gasteiger partial charge < -0.3 is 46.0 Å². The average molecular weight is 432 g/mol. The molecule has 0 unspecified atom stereocenters. The Kier molecular flexibility index (Phi) is 23.8. The number of aryl methyl sites for hydroxylation is 2. The van der Waals surface area contributed by atoms with E-state index in [1.807, 2.05) is 0 Å². The fraction of sp³-hybridized carbons (Fsp3) is 0.250. The first-order chi connectivity index (χ1) is 9.00. The van der Waals surface area contributed by atoms with Crippen molar-refractivity contribution in [2.24, 2.45) is 0 Å². The summed E-state index contributed by atoms with van der Waals surface area (Å²) in [6.07, 6.45) is 0. The number of hydrogen-bond acceptors (Lipinski definition) is 9. The molecule has 21 heavy (non-hydrogen) atoms. The van der Waals surface area contributed by atoms with Crippen LogP contribution in [-0.2, 0) is 0 Å². The average Bonchev–Trinajstić information content (AvgIpc) is 2.20. The molecule has 0 heterocycles. The van der Waals surface area contributed by atoms with Gasteiger partial charge in [-0.3, -0.25) is 0 Å². The van der Waals surface area contributed by atoms with Crippen molar-refractivity contribution in [1.82, 2.24) is 0 Å². The summed E-state index contributed by atoms with van der Waals surface area (Å²) in [4.78, 5) is 24.8. The Morgan fingerprint density at radius 1 is 0.667 bits per heavy atom. The molecule has 0 aliphatic rings. The molecular formula is C8H10CeN3O9. The molecule has 0 N–H and O–H groups in total. The summed E-state index contributed by atoms with van der Waals surface area (Å²) in [5.74, 6) is 0. The summed E-state index contributed by atoms with van der Waals surface area (Å²) in [6.45, 7) is 4.24. The van der Waals surface area contributed by atoms with Gasteiger partial charge in [-0.2, -0.15) is 0 Å². The zero-order valence-corrected chi connectivity index (χ0v) is 14.0. The van der Waals surface area contributed by atoms with Crippen LogP contribution in [0.5, 0.6) is 0 Å². The maximum atomic E-state index is 8.25. The smallest absolute Gasteiger partial charge is 0.356 e. The van der Waals surface area contributed by atoms with E-state index in [2.05, 4.69) is 38.1 Å². The molecular weight excluding hydrogens is 422 g/mol. The second-order valence-corrected chi connectivity index (χ2v) is 2.76. The molecule has 1 aromatic rings. The van der Waals surface area contributed by atoms with Gasteiger partial charge in [-0.15, -0.1) is 0 Å². The molecule has 0 aromatic heterocycles. The van der Waals surface area contributed by atoms with Crippen LogP contribution in [0.3, 0.4) is 0 Å². The van der Waals surface area contributed by atoms with E-state index in [-0.39, 0.29) is 41.7 Å². The monoisotopic (exact) mass is 432 g/mol. The molecule has 1 aromatic carbocycles. The third-order valence-electron chi connectivity index (χ3n) is 1.43. The van der Waals surface area contributed by atoms with Gasteiger partial charge >= 0.3 is 41.7 Å². The first-order valence-corrected chi connectivity index (χ1v) is 4.47. The van der Waals surface area contributed by atoms with Gasteiger partial charge in [-0.25, -0.2) is 0 Å². The number of nitrogens with zero attached hydrogens (tertiary/aromatic N) is 3. The van der Waals surface area contributed by atoms with Crippen LogP contribution < -0.4 is 0 Å². The predicted molar refractivity (Wildman–Crippen MR) is 67.0 cm³/mol. The quantitative estimate of drug-likeness (QED) is 0.431. The minimum atomic E-state index is -1.75. The van der Waals surface area contributed by atoms with Gasteiger partial charge in [0, 0.05) is 0 Å². The number of hydrogen-bond donors (Lipinski definition) is 0. The van der Waals surface area contributed by atoms with Crippen LogP contribution in [0.1, 0.15) is 11.1 Å². The van der Waals surface area contributed by atoms with Gasteiger partial charge in [0.1, 0.15) is 0 Å². The fourth-order valence-electron chi connectivity index (χ4n) is 0.663. The van der Waals surface area contributed by atoms with Gasteiger partial charge in [0.05, 0.1) is 15.3 Å². The van der Waals surface area contributed by atoms with Crippen LogP contribution in [0.4, 0.5) is 0 Å². The molecule has 0 aliphatic carbocycles. The van der Waals surface area contributed by atoms with Crippen molar-refractivity contribution in [1.29, 1.82) is 0 Å². The van der Waals surface area contributed by atoms with Crippen molar-refractivity contribution in [2.75, 3.05) is 0 Å². The van der Waals surface area contributed by atoms with Gasteiger partial charge in [-0.1, -0.05) is 24.3 Å². The zero-order chi connectivity index (χ0) is 16.7. The Bertz CT molecular complexity index is 368. The van der Waals surface area contributed by atoms with Gasteiger partial charge in [0.15, 0.2) is 0 Å². The second-order valence-electron chi connectivity index (χ2n) is 2.76. The van der Waals surface area contributed by atoms with Crippen LogP contribution in [-0.4, -0.2) is 15.3 Å². The van der Waals surface area contributed by atoms with Crippen molar-refractivity contribution in [3.05, 3.63) is 81.4 Å². The van der Waals surface area contributed by atoms with E-state index in [9.17, 15) is 0 Å². The largest absolute Gasteiger partial charge is 3.00 e. The Balaban J connectivity index is -0.0000000973. The summed E-state index contributed by atoms with van der Waals surface area (Å²) in [7, 11) is 0. The maximum Gasteiger partial charge on any atom is 3.00 e. The SMILES string of the molecule is Cc1ccccc1C.O=[N+]([O-])[O-].O=[N+]([O-])[O-].O=[N+]([O-])[O-].[Ce+3]. The molecule has 13 heteroatoms. The number of benzene rings is 1. The minimum absolute atomic E-state index is 0. The normalized spacial score (nSPS) is 6.95. The molecule has 0 aliphatic heterocycles. The standard InChI is InChI=1S/C8H10.Ce.3NO3/c1-7-5-3-4-6-8(7)2;;3*2-1(3)4/h3-6H,1-2H3;;;;/q;+3;3*-1. The van der Waals surface area contributed by atoms with Crippen LogP contribution in [0.2, 0.25) is 0 Å². The number of rotatable bonds is 0. The van der Waals surface area contributed by atoms with E-state index in [1.165, 1.54) is 11.1 Å². The van der Waals surface area contributed by atoms with Crippen LogP contribution >= 0.6 is 0 Å². The molecule has 115 valence electrons. The topological polar surface area (TPSA) is 199 Å². The van der Waals surface area contributed by atoms with Crippen LogP contribution in [0.25, 0.3) is 0 Å². The van der Waals surface area contributed by atoms with Crippen LogP contribution in [0, 0.1) is 102 Å². The van der Waals surface area contributed by atoms with E-state index in [4.69, 9.17) is 46.0 Å². The third kappa shape index (κ3) is 56.4. The molecule has 0 bridgehead atoms. The predicted octanol–water partition coefficient (Wildman–Crippen LogP) is 1.59. The molecule has 1 rings (SSSR count). The van der Waals surface area contributed by atoms with Gasteiger partial charge in [0.2, 0.25) is 0 Å². The van der Waals surface area contributed by atoms with Crippen molar-refractivity contribution in [2.45, 2.75) is 13.8 Å². The maximum absolute atomic E-state index is 8.25. The summed E-state index contributed by atoms with van der Waals surface area (Å²) in [6, 6.07) is 8.36. The second kappa shape index (κ2) is 18.2. The van der Waals surface area contributed by atoms with E-state index in [0.29, 0.717) is 0 Å². The first-order valence-electron chi connectivity index (χ1n) is 4.47. The molecule has 12 nitrogen and oxygen atoms in total. The zero-order valence-electron chi connectivity index (χ0n) is 10.8. The Morgan fingerprint density at radius 2 is 0.810 bits per heavy atom. The van der Waals surface area contributed by atoms with Gasteiger partial charge in [-0.05, 0) is 25.0 Å². The Hall–Kier alpha value is -1.80. The Labute approximate surface area is 151 Å². The van der Waals surface area contributed by atoms with E-state index in [0.717, 1.165) is 0 Å². The minimum Gasteiger partial charge on any atom is -0.356 e. The van der Waals surface area contributed by atoms with Crippen molar-refractivity contribution in [3.63, 3.8) is 0 Å². The molecule has 0 saturated carbocycles. The molecule has 1 radical (unpaired) electrons. The summed E-state index contributed by atoms with van der Waals surface area (Å²) in [5, 5.41) is 44.2. The summed E-state index contributed by atoms with van der Waals surface area (Å²) < 4.78 is 0. The third-order valence-corrected chi connectivity index (χ3v) is 1.43. The van der Waals surface area contributed by atoms with E-state index < -0.39 is 15.3 Å². The molecule has 0 amide bonds.